The average molecular weight is 314 g/mol. The fraction of sp³-hybridized carbons (Fsp3) is 0.294. The number of unbranched alkanes of at least 4 members (excludes halogenated alkanes) is 2. The van der Waals surface area contributed by atoms with E-state index >= 15 is 0 Å². The van der Waals surface area contributed by atoms with Crippen molar-refractivity contribution in [3.63, 3.8) is 0 Å². The molecule has 0 bridgehead atoms. The summed E-state index contributed by atoms with van der Waals surface area (Å²) >= 11 is 2.41. The number of halogens is 1. The van der Waals surface area contributed by atoms with Gasteiger partial charge in [-0.1, -0.05) is 44.0 Å². The van der Waals surface area contributed by atoms with Crippen molar-refractivity contribution in [2.75, 3.05) is 0 Å². The number of rotatable bonds is 5. The van der Waals surface area contributed by atoms with Crippen LogP contribution in [-0.4, -0.2) is 0 Å². The minimum absolute atomic E-state index is 1.21. The van der Waals surface area contributed by atoms with E-state index in [2.05, 4.69) is 74.6 Å². The first-order valence-corrected chi connectivity index (χ1v) is 8.22. The molecule has 0 radical (unpaired) electrons. The van der Waals surface area contributed by atoms with Crippen molar-refractivity contribution in [1.29, 1.82) is 0 Å². The third-order valence-corrected chi connectivity index (χ3v) is 3.07. The molecular weight excluding hydrogens is 295 g/mol. The van der Waals surface area contributed by atoms with Gasteiger partial charge in [0, 0.05) is 0 Å². The van der Waals surface area contributed by atoms with E-state index in [4.69, 9.17) is 0 Å². The maximum absolute atomic E-state index is 4.45. The number of aryl methyl sites for hydroxylation is 1. The second-order valence-electron chi connectivity index (χ2n) is 4.44. The van der Waals surface area contributed by atoms with E-state index in [0.29, 0.717) is 0 Å². The first-order chi connectivity index (χ1) is 9.40. The molecule has 101 valence electrons. The molecule has 0 atom stereocenters. The van der Waals surface area contributed by atoms with Gasteiger partial charge < -0.3 is 0 Å². The molecule has 2 rings (SSSR count). The molecule has 0 amide bonds. The molecule has 0 N–H and O–H groups in total. The fourth-order valence-electron chi connectivity index (χ4n) is 2.02. The Balaban J connectivity index is 0.000000861. The summed E-state index contributed by atoms with van der Waals surface area (Å²) in [5.74, 6) is 0. The van der Waals surface area contributed by atoms with Crippen molar-refractivity contribution in [3.05, 3.63) is 60.2 Å². The molecule has 2 aromatic carbocycles. The van der Waals surface area contributed by atoms with Crippen LogP contribution < -0.4 is 0 Å². The van der Waals surface area contributed by atoms with Crippen LogP contribution in [0, 0.1) is 6.07 Å². The van der Waals surface area contributed by atoms with E-state index in [1.807, 2.05) is 12.1 Å². The molecule has 0 unspecified atom stereocenters. The van der Waals surface area contributed by atoms with Gasteiger partial charge in [0.25, 0.3) is 0 Å². The Kier molecular flexibility index (Phi) is 8.66. The van der Waals surface area contributed by atoms with E-state index in [1.165, 1.54) is 42.4 Å². The number of benzene rings is 2. The zero-order valence-electron chi connectivity index (χ0n) is 11.2. The van der Waals surface area contributed by atoms with Gasteiger partial charge in [-0.15, -0.1) is 5.56 Å². The Labute approximate surface area is 129 Å². The minimum atomic E-state index is 1.21. The van der Waals surface area contributed by atoms with E-state index in [1.54, 1.807) is 0 Å². The molecule has 2 heteroatoms. The van der Waals surface area contributed by atoms with Gasteiger partial charge in [0.1, 0.15) is 0 Å². The molecule has 0 saturated carbocycles. The van der Waals surface area contributed by atoms with Crippen molar-refractivity contribution in [3.8, 4) is 11.1 Å². The Morgan fingerprint density at radius 3 is 2.05 bits per heavy atom. The zero-order chi connectivity index (χ0) is 13.9. The standard InChI is InChI=1S/C17H19.ClH.Mn/c1-2-3-5-8-15-11-13-17(14-12-15)16-9-6-4-7-10-16;;/h6-7,9-14H,2-3,5,8H2,1H3;1H;/q-1;;+2/p-1. The van der Waals surface area contributed by atoms with Gasteiger partial charge in [-0.2, -0.15) is 30.3 Å². The first-order valence-electron chi connectivity index (χ1n) is 6.60. The van der Waals surface area contributed by atoms with Crippen molar-refractivity contribution in [2.24, 2.45) is 0 Å². The average Bonchev–Trinajstić information content (AvgIpc) is 2.51. The van der Waals surface area contributed by atoms with Gasteiger partial charge in [-0.3, -0.25) is 0 Å². The summed E-state index contributed by atoms with van der Waals surface area (Å²) in [6.45, 7) is 2.25. The molecule has 0 aromatic heterocycles. The van der Waals surface area contributed by atoms with Gasteiger partial charge in [0.05, 0.1) is 0 Å². The van der Waals surface area contributed by atoms with Crippen LogP contribution in [0.3, 0.4) is 0 Å². The zero-order valence-corrected chi connectivity index (χ0v) is 13.1. The van der Waals surface area contributed by atoms with Gasteiger partial charge in [0.15, 0.2) is 0 Å². The molecule has 0 fully saturated rings. The van der Waals surface area contributed by atoms with Crippen LogP contribution in [0.5, 0.6) is 0 Å². The van der Waals surface area contributed by atoms with E-state index in [0.717, 1.165) is 0 Å². The van der Waals surface area contributed by atoms with E-state index in [9.17, 15) is 0 Å². The van der Waals surface area contributed by atoms with Crippen LogP contribution in [0.25, 0.3) is 11.1 Å². The summed E-state index contributed by atoms with van der Waals surface area (Å²) in [6.07, 6.45) is 5.13. The number of hydrogen-bond donors (Lipinski definition) is 0. The SMILES string of the molecule is CCCCCc1ccc(-c2cc[c-]cc2)cc1.[Cl][Mn+]. The van der Waals surface area contributed by atoms with Crippen molar-refractivity contribution in [1.82, 2.24) is 0 Å². The summed E-state index contributed by atoms with van der Waals surface area (Å²) in [4.78, 5) is 0. The van der Waals surface area contributed by atoms with Crippen LogP contribution in [0.2, 0.25) is 0 Å². The quantitative estimate of drug-likeness (QED) is 0.384. The molecule has 0 aliphatic rings. The monoisotopic (exact) mass is 313 g/mol. The molecule has 19 heavy (non-hydrogen) atoms. The van der Waals surface area contributed by atoms with Gasteiger partial charge in [-0.05, 0) is 24.0 Å². The molecule has 0 saturated heterocycles. The molecule has 0 nitrogen and oxygen atoms in total. The fourth-order valence-corrected chi connectivity index (χ4v) is 2.02. The Hall–Kier alpha value is -0.751. The summed E-state index contributed by atoms with van der Waals surface area (Å²) < 4.78 is 0. The summed E-state index contributed by atoms with van der Waals surface area (Å²) in [7, 11) is 4.45. The van der Waals surface area contributed by atoms with Gasteiger partial charge in [-0.25, -0.2) is 0 Å². The first kappa shape index (κ1) is 16.3. The molecule has 0 heterocycles. The predicted octanol–water partition coefficient (Wildman–Crippen LogP) is 5.57. The molecule has 0 aliphatic carbocycles. The third kappa shape index (κ3) is 5.82. The molecular formula is C17H19ClMn. The predicted molar refractivity (Wildman–Crippen MR) is 79.8 cm³/mol. The van der Waals surface area contributed by atoms with E-state index in [-0.39, 0.29) is 0 Å². The summed E-state index contributed by atoms with van der Waals surface area (Å²) in [6, 6.07) is 20.1. The normalized spacial score (nSPS) is 9.58. The van der Waals surface area contributed by atoms with E-state index < -0.39 is 0 Å². The van der Waals surface area contributed by atoms with Crippen molar-refractivity contribution < 1.29 is 15.1 Å². The second-order valence-corrected chi connectivity index (χ2v) is 4.44. The Bertz CT molecular complexity index is 437. The maximum atomic E-state index is 4.45. The van der Waals surface area contributed by atoms with Crippen LogP contribution in [0.4, 0.5) is 0 Å². The third-order valence-electron chi connectivity index (χ3n) is 3.07. The summed E-state index contributed by atoms with van der Waals surface area (Å²) in [5.41, 5.74) is 4.01. The van der Waals surface area contributed by atoms with Crippen LogP contribution >= 0.6 is 10.1 Å². The van der Waals surface area contributed by atoms with Gasteiger partial charge in [0.2, 0.25) is 0 Å². The van der Waals surface area contributed by atoms with Gasteiger partial charge >= 0.3 is 25.2 Å². The molecule has 2 aromatic rings. The topological polar surface area (TPSA) is 0 Å². The number of hydrogen-bond acceptors (Lipinski definition) is 0. The second kappa shape index (κ2) is 10.1. The molecule has 0 spiro atoms. The summed E-state index contributed by atoms with van der Waals surface area (Å²) in [5, 5.41) is 0. The van der Waals surface area contributed by atoms with Crippen molar-refractivity contribution in [2.45, 2.75) is 32.6 Å². The van der Waals surface area contributed by atoms with Crippen molar-refractivity contribution >= 4 is 10.1 Å². The van der Waals surface area contributed by atoms with Crippen LogP contribution in [0.15, 0.2) is 48.5 Å². The molecule has 0 aliphatic heterocycles. The Morgan fingerprint density at radius 1 is 0.895 bits per heavy atom. The van der Waals surface area contributed by atoms with Crippen LogP contribution in [-0.2, 0) is 21.5 Å². The Morgan fingerprint density at radius 2 is 1.47 bits per heavy atom. The van der Waals surface area contributed by atoms with Crippen LogP contribution in [0.1, 0.15) is 31.7 Å².